The highest BCUT2D eigenvalue weighted by Gasteiger charge is 2.56. The van der Waals surface area contributed by atoms with Crippen LogP contribution in [0.3, 0.4) is 0 Å². The van der Waals surface area contributed by atoms with Gasteiger partial charge in [0.15, 0.2) is 11.5 Å². The van der Waals surface area contributed by atoms with Crippen molar-refractivity contribution in [3.05, 3.63) is 52.6 Å². The highest BCUT2D eigenvalue weighted by Crippen LogP contribution is 2.48. The minimum Gasteiger partial charge on any atom is -0.495 e. The fraction of sp³-hybridized carbons (Fsp3) is 0.556. The molecule has 1 atom stereocenters. The average molecular weight is 550 g/mol. The van der Waals surface area contributed by atoms with Crippen LogP contribution < -0.4 is 4.90 Å². The number of fused-ring (bicyclic) bond motifs is 2. The third-order valence-electron chi connectivity index (χ3n) is 6.45. The van der Waals surface area contributed by atoms with Crippen LogP contribution in [0.25, 0.3) is 0 Å². The molecule has 2 aliphatic heterocycles. The van der Waals surface area contributed by atoms with Gasteiger partial charge in [0.1, 0.15) is 12.2 Å². The van der Waals surface area contributed by atoms with Crippen molar-refractivity contribution >= 4 is 17.8 Å². The van der Waals surface area contributed by atoms with Crippen LogP contribution in [-0.2, 0) is 32.9 Å². The van der Waals surface area contributed by atoms with Gasteiger partial charge in [-0.1, -0.05) is 13.8 Å². The van der Waals surface area contributed by atoms with Gasteiger partial charge in [0.25, 0.3) is 11.8 Å². The van der Waals surface area contributed by atoms with E-state index in [9.17, 15) is 18.0 Å². The SMILES string of the molecule is CO/C(=C(/N=C\Cc1cc(C)c2c(n1)[C@]1(CCCO1)N(c1cnn(CC(F)(F)F)c1)C2=O)OC(C)C)C(C)C. The number of methoxy groups -OCH3 is 1. The van der Waals surface area contributed by atoms with Crippen LogP contribution in [0.2, 0.25) is 0 Å². The number of pyridine rings is 1. The van der Waals surface area contributed by atoms with E-state index in [0.29, 0.717) is 60.0 Å². The fourth-order valence-electron chi connectivity index (χ4n) is 5.00. The van der Waals surface area contributed by atoms with Gasteiger partial charge in [-0.05, 0) is 38.8 Å². The molecule has 0 unspecified atom stereocenters. The van der Waals surface area contributed by atoms with Gasteiger partial charge < -0.3 is 14.2 Å². The zero-order valence-electron chi connectivity index (χ0n) is 23.0. The van der Waals surface area contributed by atoms with Crippen molar-refractivity contribution in [3.8, 4) is 0 Å². The molecule has 0 saturated carbocycles. The van der Waals surface area contributed by atoms with Gasteiger partial charge in [-0.3, -0.25) is 19.4 Å². The maximum absolute atomic E-state index is 13.6. The van der Waals surface area contributed by atoms with Crippen LogP contribution in [0, 0.1) is 12.8 Å². The molecule has 1 amide bonds. The molecule has 4 rings (SSSR count). The second-order valence-electron chi connectivity index (χ2n) is 10.3. The van der Waals surface area contributed by atoms with Crippen LogP contribution >= 0.6 is 0 Å². The lowest BCUT2D eigenvalue weighted by Crippen LogP contribution is -2.44. The van der Waals surface area contributed by atoms with Crippen LogP contribution in [-0.4, -0.2) is 52.9 Å². The second-order valence-corrected chi connectivity index (χ2v) is 10.3. The Labute approximate surface area is 225 Å². The standard InChI is InChI=1S/C27H34F3N5O4/c1-16(2)22(37-6)24(39-17(3)4)31-10-8-19-12-18(5)21-23(33-19)26(9-7-11-38-26)35(25(21)36)20-13-32-34(14-20)15-27(28,29)30/h10,12-14,16-17H,7-9,11,15H2,1-6H3/b24-22-,31-10-/t26-/m1/s1. The number of anilines is 1. The predicted molar refractivity (Wildman–Crippen MR) is 138 cm³/mol. The summed E-state index contributed by atoms with van der Waals surface area (Å²) in [5.41, 5.74) is 1.25. The van der Waals surface area contributed by atoms with Crippen molar-refractivity contribution < 1.29 is 32.2 Å². The Hall–Kier alpha value is -3.41. The highest BCUT2D eigenvalue weighted by molar-refractivity contribution is 6.12. The smallest absolute Gasteiger partial charge is 0.408 e. The number of amides is 1. The second kappa shape index (κ2) is 11.0. The number of allylic oxidation sites excluding steroid dienone is 1. The van der Waals surface area contributed by atoms with E-state index in [2.05, 4.69) is 10.1 Å². The van der Waals surface area contributed by atoms with E-state index in [-0.39, 0.29) is 23.6 Å². The Bertz CT molecular complexity index is 1280. The van der Waals surface area contributed by atoms with Gasteiger partial charge in [0, 0.05) is 36.9 Å². The van der Waals surface area contributed by atoms with Crippen molar-refractivity contribution in [1.82, 2.24) is 14.8 Å². The minimum atomic E-state index is -4.44. The lowest BCUT2D eigenvalue weighted by Gasteiger charge is -2.33. The number of halogens is 3. The highest BCUT2D eigenvalue weighted by atomic mass is 19.4. The molecule has 0 N–H and O–H groups in total. The summed E-state index contributed by atoms with van der Waals surface area (Å²) in [6, 6.07) is 1.81. The average Bonchev–Trinajstić information content (AvgIpc) is 3.53. The van der Waals surface area contributed by atoms with Crippen molar-refractivity contribution in [2.45, 2.75) is 78.4 Å². The maximum atomic E-state index is 13.6. The summed E-state index contributed by atoms with van der Waals surface area (Å²) in [4.78, 5) is 24.4. The lowest BCUT2D eigenvalue weighted by atomic mass is 10.0. The maximum Gasteiger partial charge on any atom is 0.408 e. The zero-order valence-corrected chi connectivity index (χ0v) is 23.0. The summed E-state index contributed by atoms with van der Waals surface area (Å²) in [6.07, 6.45) is 1.10. The normalized spacial score (nSPS) is 20.1. The molecule has 0 bridgehead atoms. The monoisotopic (exact) mass is 549 g/mol. The van der Waals surface area contributed by atoms with Crippen molar-refractivity contribution in [2.75, 3.05) is 18.6 Å². The molecule has 1 fully saturated rings. The number of rotatable bonds is 9. The topological polar surface area (TPSA) is 91.1 Å². The number of ether oxygens (including phenoxy) is 3. The predicted octanol–water partition coefficient (Wildman–Crippen LogP) is 5.28. The number of carbonyl (C=O) groups is 1. The molecule has 9 nitrogen and oxygen atoms in total. The molecule has 0 radical (unpaired) electrons. The first-order valence-corrected chi connectivity index (χ1v) is 12.9. The molecule has 2 aliphatic rings. The zero-order chi connectivity index (χ0) is 28.5. The molecule has 1 saturated heterocycles. The number of hydrogen-bond donors (Lipinski definition) is 0. The quantitative estimate of drug-likeness (QED) is 0.312. The molecule has 0 aromatic carbocycles. The summed E-state index contributed by atoms with van der Waals surface area (Å²) in [7, 11) is 1.58. The summed E-state index contributed by atoms with van der Waals surface area (Å²) in [5, 5.41) is 3.83. The number of aryl methyl sites for hydroxylation is 1. The summed E-state index contributed by atoms with van der Waals surface area (Å²) in [6.45, 7) is 8.74. The van der Waals surface area contributed by atoms with E-state index in [1.165, 1.54) is 17.3 Å². The van der Waals surface area contributed by atoms with Crippen molar-refractivity contribution in [1.29, 1.82) is 0 Å². The number of aromatic nitrogens is 3. The summed E-state index contributed by atoms with van der Waals surface area (Å²) < 4.78 is 57.1. The molecule has 39 heavy (non-hydrogen) atoms. The number of hydrogen-bond acceptors (Lipinski definition) is 7. The van der Waals surface area contributed by atoms with E-state index < -0.39 is 18.4 Å². The first-order valence-electron chi connectivity index (χ1n) is 12.9. The number of carbonyl (C=O) groups excluding carboxylic acids is 1. The van der Waals surface area contributed by atoms with Crippen LogP contribution in [0.1, 0.15) is 67.8 Å². The van der Waals surface area contributed by atoms with E-state index in [1.54, 1.807) is 13.3 Å². The molecule has 4 heterocycles. The van der Waals surface area contributed by atoms with Gasteiger partial charge in [0.2, 0.25) is 0 Å². The number of nitrogens with zero attached hydrogens (tertiary/aromatic N) is 5. The van der Waals surface area contributed by atoms with Gasteiger partial charge >= 0.3 is 6.18 Å². The third-order valence-corrected chi connectivity index (χ3v) is 6.45. The molecular formula is C27H34F3N5O4. The Morgan fingerprint density at radius 3 is 2.64 bits per heavy atom. The van der Waals surface area contributed by atoms with E-state index in [4.69, 9.17) is 19.2 Å². The molecule has 212 valence electrons. The van der Waals surface area contributed by atoms with Crippen LogP contribution in [0.5, 0.6) is 0 Å². The third kappa shape index (κ3) is 5.80. The molecule has 1 spiro atoms. The van der Waals surface area contributed by atoms with Crippen molar-refractivity contribution in [2.24, 2.45) is 10.9 Å². The van der Waals surface area contributed by atoms with Crippen LogP contribution in [0.4, 0.5) is 18.9 Å². The van der Waals surface area contributed by atoms with E-state index >= 15 is 0 Å². The van der Waals surface area contributed by atoms with Crippen LogP contribution in [0.15, 0.2) is 35.1 Å². The van der Waals surface area contributed by atoms with Gasteiger partial charge in [0.05, 0.1) is 37.3 Å². The van der Waals surface area contributed by atoms with Gasteiger partial charge in [-0.25, -0.2) is 4.99 Å². The molecule has 2 aromatic rings. The first kappa shape index (κ1) is 28.6. The first-order chi connectivity index (χ1) is 18.4. The summed E-state index contributed by atoms with van der Waals surface area (Å²) in [5.74, 6) is 0.718. The van der Waals surface area contributed by atoms with E-state index in [0.717, 1.165) is 4.68 Å². The Balaban J connectivity index is 1.68. The largest absolute Gasteiger partial charge is 0.495 e. The van der Waals surface area contributed by atoms with E-state index in [1.807, 2.05) is 40.7 Å². The van der Waals surface area contributed by atoms with Gasteiger partial charge in [-0.15, -0.1) is 0 Å². The fourth-order valence-corrected chi connectivity index (χ4v) is 5.00. The number of aliphatic imine (C=N–C) groups is 1. The molecule has 0 aliphatic carbocycles. The lowest BCUT2D eigenvalue weighted by molar-refractivity contribution is -0.142. The van der Waals surface area contributed by atoms with Crippen molar-refractivity contribution in [3.63, 3.8) is 0 Å². The Morgan fingerprint density at radius 2 is 2.05 bits per heavy atom. The molecule has 12 heteroatoms. The minimum absolute atomic E-state index is 0.0677. The van der Waals surface area contributed by atoms with Gasteiger partial charge in [-0.2, -0.15) is 18.3 Å². The summed E-state index contributed by atoms with van der Waals surface area (Å²) >= 11 is 0. The Morgan fingerprint density at radius 1 is 1.31 bits per heavy atom. The molecule has 2 aromatic heterocycles. The Kier molecular flexibility index (Phi) is 8.06. The number of alkyl halides is 3. The molecular weight excluding hydrogens is 515 g/mol.